The van der Waals surface area contributed by atoms with Crippen LogP contribution in [-0.4, -0.2) is 55.1 Å². The van der Waals surface area contributed by atoms with E-state index in [1.165, 1.54) is 34.2 Å². The van der Waals surface area contributed by atoms with Gasteiger partial charge in [-0.15, -0.1) is 0 Å². The van der Waals surface area contributed by atoms with Crippen molar-refractivity contribution < 1.29 is 24.8 Å². The van der Waals surface area contributed by atoms with E-state index < -0.39 is 0 Å². The molecule has 7 nitrogen and oxygen atoms in total. The van der Waals surface area contributed by atoms with Crippen molar-refractivity contribution in [2.75, 3.05) is 32.7 Å². The summed E-state index contributed by atoms with van der Waals surface area (Å²) in [6.45, 7) is 5.06. The van der Waals surface area contributed by atoms with Crippen LogP contribution in [0.5, 0.6) is 11.5 Å². The number of amides is 1. The molecule has 0 atom stereocenters. The highest BCUT2D eigenvalue weighted by atomic mass is 35.5. The van der Waals surface area contributed by atoms with E-state index in [-0.39, 0.29) is 17.4 Å². The zero-order chi connectivity index (χ0) is 19.9. The normalized spacial score (nSPS) is 19.6. The minimum absolute atomic E-state index is 0.0295. The lowest BCUT2D eigenvalue weighted by molar-refractivity contribution is -1.02. The summed E-state index contributed by atoms with van der Waals surface area (Å²) in [7, 11) is 0. The second kappa shape index (κ2) is 9.54. The Morgan fingerprint density at radius 1 is 1.11 bits per heavy atom. The van der Waals surface area contributed by atoms with Gasteiger partial charge in [0.05, 0.1) is 6.21 Å². The number of carbonyl (C=O) groups excluding carboxylic acids is 1. The van der Waals surface area contributed by atoms with Gasteiger partial charge in [0, 0.05) is 22.2 Å². The number of phenols is 2. The van der Waals surface area contributed by atoms with Gasteiger partial charge >= 0.3 is 0 Å². The van der Waals surface area contributed by atoms with Crippen molar-refractivity contribution in [2.45, 2.75) is 6.54 Å². The topological polar surface area (TPSA) is 90.8 Å². The summed E-state index contributed by atoms with van der Waals surface area (Å²) in [5.74, 6) is -0.293. The molecule has 2 aromatic rings. The molecule has 148 valence electrons. The van der Waals surface area contributed by atoms with Crippen LogP contribution in [0.2, 0.25) is 5.02 Å². The fourth-order valence-electron chi connectivity index (χ4n) is 3.30. The molecule has 2 aromatic carbocycles. The molecule has 1 heterocycles. The highest BCUT2D eigenvalue weighted by Gasteiger charge is 2.25. The van der Waals surface area contributed by atoms with Crippen molar-refractivity contribution in [3.63, 3.8) is 0 Å². The summed E-state index contributed by atoms with van der Waals surface area (Å²) in [6, 6.07) is 12.1. The Balaban J connectivity index is 1.41. The SMILES string of the molecule is O=C(C[NH+]1CC[NH+](Cc2ccccc2Cl)CC1)NN=Cc1ccc(O)cc1O. The monoisotopic (exact) mass is 404 g/mol. The minimum Gasteiger partial charge on any atom is -0.508 e. The van der Waals surface area contributed by atoms with E-state index in [0.717, 1.165) is 43.3 Å². The van der Waals surface area contributed by atoms with Crippen LogP contribution in [0.25, 0.3) is 0 Å². The van der Waals surface area contributed by atoms with E-state index in [2.05, 4.69) is 16.6 Å². The molecule has 0 radical (unpaired) electrons. The number of aromatic hydroxyl groups is 2. The number of rotatable bonds is 6. The van der Waals surface area contributed by atoms with E-state index in [9.17, 15) is 15.0 Å². The van der Waals surface area contributed by atoms with Crippen molar-refractivity contribution in [2.24, 2.45) is 5.10 Å². The first-order chi connectivity index (χ1) is 13.5. The molecular weight excluding hydrogens is 380 g/mol. The van der Waals surface area contributed by atoms with Crippen LogP contribution in [-0.2, 0) is 11.3 Å². The number of halogens is 1. The standard InChI is InChI=1S/C20H23ClN4O3/c21-18-4-2-1-3-16(18)13-24-7-9-25(10-8-24)14-20(28)23-22-12-15-5-6-17(26)11-19(15)27/h1-6,11-12,26-27H,7-10,13-14H2,(H,23,28)/p+2. The Morgan fingerprint density at radius 3 is 2.54 bits per heavy atom. The van der Waals surface area contributed by atoms with Gasteiger partial charge in [0.2, 0.25) is 0 Å². The molecule has 0 aliphatic carbocycles. The molecule has 8 heteroatoms. The van der Waals surface area contributed by atoms with Crippen LogP contribution in [0.3, 0.4) is 0 Å². The van der Waals surface area contributed by atoms with E-state index in [1.807, 2.05) is 18.2 Å². The number of nitrogens with one attached hydrogen (secondary N) is 3. The Labute approximate surface area is 168 Å². The van der Waals surface area contributed by atoms with Crippen molar-refractivity contribution >= 4 is 23.7 Å². The van der Waals surface area contributed by atoms with Crippen LogP contribution in [0, 0.1) is 0 Å². The maximum atomic E-state index is 12.1. The molecule has 5 N–H and O–H groups in total. The van der Waals surface area contributed by atoms with Crippen molar-refractivity contribution in [3.05, 3.63) is 58.6 Å². The summed E-state index contributed by atoms with van der Waals surface area (Å²) >= 11 is 6.24. The first-order valence-electron chi connectivity index (χ1n) is 9.25. The average molecular weight is 405 g/mol. The minimum atomic E-state index is -0.168. The lowest BCUT2D eigenvalue weighted by Gasteiger charge is -2.29. The molecule has 1 amide bonds. The summed E-state index contributed by atoms with van der Waals surface area (Å²) < 4.78 is 0. The van der Waals surface area contributed by atoms with Gasteiger partial charge in [-0.05, 0) is 18.2 Å². The quantitative estimate of drug-likeness (QED) is 0.322. The predicted molar refractivity (Wildman–Crippen MR) is 107 cm³/mol. The number of piperazine rings is 1. The van der Waals surface area contributed by atoms with Crippen molar-refractivity contribution in [1.82, 2.24) is 5.43 Å². The largest absolute Gasteiger partial charge is 0.508 e. The number of hydrogen-bond acceptors (Lipinski definition) is 4. The number of benzene rings is 2. The fraction of sp³-hybridized carbons (Fsp3) is 0.300. The van der Waals surface area contributed by atoms with Crippen LogP contribution in [0.4, 0.5) is 0 Å². The summed E-state index contributed by atoms with van der Waals surface area (Å²) in [6.07, 6.45) is 1.35. The molecule has 1 saturated heterocycles. The third-order valence-corrected chi connectivity index (χ3v) is 5.25. The second-order valence-corrected chi connectivity index (χ2v) is 7.39. The Hall–Kier alpha value is -2.61. The van der Waals surface area contributed by atoms with Crippen LogP contribution in [0.1, 0.15) is 11.1 Å². The highest BCUT2D eigenvalue weighted by molar-refractivity contribution is 6.31. The van der Waals surface area contributed by atoms with Crippen LogP contribution < -0.4 is 15.2 Å². The van der Waals surface area contributed by atoms with Gasteiger partial charge in [-0.25, -0.2) is 5.43 Å². The Bertz CT molecular complexity index is 851. The van der Waals surface area contributed by atoms with Gasteiger partial charge < -0.3 is 20.0 Å². The van der Waals surface area contributed by atoms with Crippen molar-refractivity contribution in [1.29, 1.82) is 0 Å². The summed E-state index contributed by atoms with van der Waals surface area (Å²) in [5, 5.41) is 23.6. The molecule has 1 aliphatic heterocycles. The van der Waals surface area contributed by atoms with Gasteiger partial charge in [-0.1, -0.05) is 29.8 Å². The Morgan fingerprint density at radius 2 is 1.82 bits per heavy atom. The molecule has 0 spiro atoms. The van der Waals surface area contributed by atoms with Gasteiger partial charge in [0.25, 0.3) is 5.91 Å². The number of hydrogen-bond donors (Lipinski definition) is 5. The molecule has 0 bridgehead atoms. The zero-order valence-corrected chi connectivity index (χ0v) is 16.2. The van der Waals surface area contributed by atoms with Gasteiger partial charge in [-0.2, -0.15) is 5.10 Å². The number of quaternary nitrogens is 2. The average Bonchev–Trinajstić information content (AvgIpc) is 2.67. The number of phenolic OH excluding ortho intramolecular Hbond substituents is 2. The van der Waals surface area contributed by atoms with Crippen LogP contribution in [0.15, 0.2) is 47.6 Å². The lowest BCUT2D eigenvalue weighted by atomic mass is 10.2. The fourth-order valence-corrected chi connectivity index (χ4v) is 3.51. The van der Waals surface area contributed by atoms with Gasteiger partial charge in [0.15, 0.2) is 6.54 Å². The van der Waals surface area contributed by atoms with E-state index >= 15 is 0 Å². The van der Waals surface area contributed by atoms with E-state index in [0.29, 0.717) is 12.1 Å². The molecule has 28 heavy (non-hydrogen) atoms. The number of carbonyl (C=O) groups is 1. The number of hydrazone groups is 1. The third-order valence-electron chi connectivity index (χ3n) is 4.88. The smallest absolute Gasteiger partial charge is 0.295 e. The summed E-state index contributed by atoms with van der Waals surface area (Å²) in [4.78, 5) is 14.8. The maximum absolute atomic E-state index is 12.1. The lowest BCUT2D eigenvalue weighted by Crippen LogP contribution is -3.28. The maximum Gasteiger partial charge on any atom is 0.295 e. The van der Waals surface area contributed by atoms with E-state index in [4.69, 9.17) is 11.6 Å². The zero-order valence-electron chi connectivity index (χ0n) is 15.5. The molecule has 0 unspecified atom stereocenters. The highest BCUT2D eigenvalue weighted by Crippen LogP contribution is 2.20. The first-order valence-corrected chi connectivity index (χ1v) is 9.63. The first kappa shape index (κ1) is 20.1. The van der Waals surface area contributed by atoms with Crippen molar-refractivity contribution in [3.8, 4) is 11.5 Å². The number of nitrogens with zero attached hydrogens (tertiary/aromatic N) is 1. The third kappa shape index (κ3) is 5.69. The van der Waals surface area contributed by atoms with E-state index in [1.54, 1.807) is 0 Å². The van der Waals surface area contributed by atoms with Gasteiger partial charge in [-0.3, -0.25) is 4.79 Å². The Kier molecular flexibility index (Phi) is 6.86. The molecule has 1 aliphatic rings. The summed E-state index contributed by atoms with van der Waals surface area (Å²) in [5.41, 5.74) is 4.07. The molecule has 0 aromatic heterocycles. The van der Waals surface area contributed by atoms with Crippen LogP contribution >= 0.6 is 11.6 Å². The predicted octanol–water partition coefficient (Wildman–Crippen LogP) is -0.815. The second-order valence-electron chi connectivity index (χ2n) is 6.98. The molecule has 0 saturated carbocycles. The molecule has 1 fully saturated rings. The molecule has 3 rings (SSSR count). The molecular formula is C20H25ClN4O3+2. The van der Waals surface area contributed by atoms with Gasteiger partial charge in [0.1, 0.15) is 44.2 Å².